The SMILES string of the molecule is CC(C)[C@H](NC(=O)OCc1ccccc1)C(=O)N[C@@H](CCC(=O)OC(C)(C)C)C(=O)N[C@H](C(=O)NNCC(=O)OC(C)(C)C)C(C)C. The van der Waals surface area contributed by atoms with Gasteiger partial charge in [-0.1, -0.05) is 58.0 Å². The van der Waals surface area contributed by atoms with Crippen molar-refractivity contribution in [2.24, 2.45) is 11.8 Å². The minimum atomic E-state index is -1.28. The number of hydrogen-bond acceptors (Lipinski definition) is 10. The molecule has 0 heterocycles. The maximum absolute atomic E-state index is 13.5. The van der Waals surface area contributed by atoms with Gasteiger partial charge in [0.2, 0.25) is 11.8 Å². The second-order valence-electron chi connectivity index (χ2n) is 13.8. The van der Waals surface area contributed by atoms with Gasteiger partial charge in [0.15, 0.2) is 0 Å². The number of carbonyl (C=O) groups excluding carboxylic acids is 6. The van der Waals surface area contributed by atoms with Crippen molar-refractivity contribution < 1.29 is 43.0 Å². The van der Waals surface area contributed by atoms with Gasteiger partial charge < -0.3 is 30.2 Å². The number of alkyl carbamates (subject to hydrolysis) is 1. The van der Waals surface area contributed by atoms with E-state index < -0.39 is 76.9 Å². The van der Waals surface area contributed by atoms with Gasteiger partial charge in [0, 0.05) is 6.42 Å². The Morgan fingerprint density at radius 3 is 1.74 bits per heavy atom. The van der Waals surface area contributed by atoms with Gasteiger partial charge in [-0.15, -0.1) is 0 Å². The molecule has 0 radical (unpaired) electrons. The van der Waals surface area contributed by atoms with Gasteiger partial charge in [0.1, 0.15) is 42.5 Å². The number of benzene rings is 1. The maximum atomic E-state index is 13.5. The molecule has 3 atom stereocenters. The molecule has 47 heavy (non-hydrogen) atoms. The van der Waals surface area contributed by atoms with Crippen LogP contribution in [0.4, 0.5) is 4.79 Å². The number of hydrazine groups is 1. The third kappa shape index (κ3) is 17.3. The van der Waals surface area contributed by atoms with Crippen molar-refractivity contribution in [1.82, 2.24) is 26.8 Å². The van der Waals surface area contributed by atoms with Crippen LogP contribution in [0.5, 0.6) is 0 Å². The van der Waals surface area contributed by atoms with Gasteiger partial charge in [-0.25, -0.2) is 10.2 Å². The molecule has 1 aromatic carbocycles. The first-order chi connectivity index (χ1) is 21.7. The maximum Gasteiger partial charge on any atom is 0.408 e. The van der Waals surface area contributed by atoms with Gasteiger partial charge >= 0.3 is 18.0 Å². The zero-order valence-corrected chi connectivity index (χ0v) is 29.3. The molecule has 5 N–H and O–H groups in total. The summed E-state index contributed by atoms with van der Waals surface area (Å²) in [5, 5.41) is 7.80. The van der Waals surface area contributed by atoms with E-state index in [0.29, 0.717) is 0 Å². The van der Waals surface area contributed by atoms with Gasteiger partial charge in [-0.3, -0.25) is 29.4 Å². The fourth-order valence-corrected chi connectivity index (χ4v) is 4.06. The van der Waals surface area contributed by atoms with Gasteiger partial charge in [0.05, 0.1) is 0 Å². The molecule has 0 spiro atoms. The molecule has 0 saturated heterocycles. The topological polar surface area (TPSA) is 190 Å². The molecule has 0 aliphatic rings. The highest BCUT2D eigenvalue weighted by molar-refractivity contribution is 5.94. The first kappa shape index (κ1) is 40.8. The smallest absolute Gasteiger partial charge is 0.408 e. The highest BCUT2D eigenvalue weighted by Gasteiger charge is 2.33. The fraction of sp³-hybridized carbons (Fsp3) is 0.636. The summed E-state index contributed by atoms with van der Waals surface area (Å²) >= 11 is 0. The summed E-state index contributed by atoms with van der Waals surface area (Å²) in [6.07, 6.45) is -1.20. The van der Waals surface area contributed by atoms with E-state index in [2.05, 4.69) is 26.8 Å². The Bertz CT molecular complexity index is 1210. The zero-order chi connectivity index (χ0) is 35.9. The fourth-order valence-electron chi connectivity index (χ4n) is 4.06. The van der Waals surface area contributed by atoms with Crippen molar-refractivity contribution in [3.8, 4) is 0 Å². The standard InChI is InChI=1S/C33H53N5O9/c1-20(2)26(37-31(44)45-19-22-14-12-11-13-15-22)29(42)35-23(16-17-24(39)46-32(5,6)7)28(41)36-27(21(3)4)30(43)38-34-18-25(40)47-33(8,9)10/h11-15,20-21,23,26-27,34H,16-19H2,1-10H3,(H,35,42)(H,36,41)(H,37,44)(H,38,43)/t23-,26-,27-/m0/s1. The summed E-state index contributed by atoms with van der Waals surface area (Å²) in [6, 6.07) is 5.57. The number of carbonyl (C=O) groups is 6. The predicted molar refractivity (Wildman–Crippen MR) is 174 cm³/mol. The molecular weight excluding hydrogens is 610 g/mol. The third-order valence-electron chi connectivity index (χ3n) is 6.24. The molecule has 0 fully saturated rings. The Labute approximate surface area is 277 Å². The predicted octanol–water partition coefficient (Wildman–Crippen LogP) is 2.65. The normalized spacial score (nSPS) is 13.5. The number of hydrogen-bond donors (Lipinski definition) is 5. The zero-order valence-electron chi connectivity index (χ0n) is 29.3. The largest absolute Gasteiger partial charge is 0.460 e. The molecule has 0 aliphatic carbocycles. The van der Waals surface area contributed by atoms with E-state index in [0.717, 1.165) is 5.56 Å². The van der Waals surface area contributed by atoms with Crippen LogP contribution in [-0.2, 0) is 44.8 Å². The highest BCUT2D eigenvalue weighted by Crippen LogP contribution is 2.12. The second kappa shape index (κ2) is 18.8. The van der Waals surface area contributed by atoms with Crippen LogP contribution < -0.4 is 26.8 Å². The number of nitrogens with one attached hydrogen (secondary N) is 5. The van der Waals surface area contributed by atoms with E-state index in [1.807, 2.05) is 6.07 Å². The van der Waals surface area contributed by atoms with Gasteiger partial charge in [-0.2, -0.15) is 0 Å². The highest BCUT2D eigenvalue weighted by atomic mass is 16.6. The first-order valence-electron chi connectivity index (χ1n) is 15.7. The molecule has 264 valence electrons. The Morgan fingerprint density at radius 2 is 1.21 bits per heavy atom. The Morgan fingerprint density at radius 1 is 0.681 bits per heavy atom. The summed E-state index contributed by atoms with van der Waals surface area (Å²) in [6.45, 7) is 16.7. The Balaban J connectivity index is 3.03. The van der Waals surface area contributed by atoms with Crippen LogP contribution in [0.25, 0.3) is 0 Å². The molecule has 0 bridgehead atoms. The number of amides is 4. The van der Waals surface area contributed by atoms with Crippen LogP contribution in [0.2, 0.25) is 0 Å². The van der Waals surface area contributed by atoms with Crippen molar-refractivity contribution >= 4 is 35.8 Å². The molecule has 4 amide bonds. The second-order valence-corrected chi connectivity index (χ2v) is 13.8. The van der Waals surface area contributed by atoms with Gasteiger partial charge in [0.25, 0.3) is 5.91 Å². The molecule has 0 saturated carbocycles. The van der Waals surface area contributed by atoms with Crippen molar-refractivity contribution in [3.63, 3.8) is 0 Å². The lowest BCUT2D eigenvalue weighted by Gasteiger charge is -2.28. The van der Waals surface area contributed by atoms with Crippen molar-refractivity contribution in [2.75, 3.05) is 6.54 Å². The summed E-state index contributed by atoms with van der Waals surface area (Å²) in [5.41, 5.74) is 4.18. The van der Waals surface area contributed by atoms with Crippen LogP contribution in [0, 0.1) is 11.8 Å². The van der Waals surface area contributed by atoms with Crippen LogP contribution in [0.1, 0.15) is 87.6 Å². The lowest BCUT2D eigenvalue weighted by Crippen LogP contribution is -2.59. The minimum absolute atomic E-state index is 0.00862. The molecule has 14 heteroatoms. The van der Waals surface area contributed by atoms with Crippen molar-refractivity contribution in [2.45, 2.75) is 118 Å². The molecule has 14 nitrogen and oxygen atoms in total. The van der Waals surface area contributed by atoms with E-state index in [-0.39, 0.29) is 26.0 Å². The van der Waals surface area contributed by atoms with Crippen molar-refractivity contribution in [3.05, 3.63) is 35.9 Å². The Kier molecular flexibility index (Phi) is 16.3. The number of esters is 2. The third-order valence-corrected chi connectivity index (χ3v) is 6.24. The quantitative estimate of drug-likeness (QED) is 0.0999. The summed E-state index contributed by atoms with van der Waals surface area (Å²) in [4.78, 5) is 77.0. The average molecular weight is 664 g/mol. The van der Waals surface area contributed by atoms with E-state index in [1.165, 1.54) is 0 Å². The van der Waals surface area contributed by atoms with E-state index in [1.54, 1.807) is 93.5 Å². The van der Waals surface area contributed by atoms with Crippen LogP contribution >= 0.6 is 0 Å². The van der Waals surface area contributed by atoms with E-state index in [9.17, 15) is 28.8 Å². The Hall–Kier alpha value is -4.20. The number of ether oxygens (including phenoxy) is 3. The lowest BCUT2D eigenvalue weighted by molar-refractivity contribution is -0.156. The van der Waals surface area contributed by atoms with E-state index >= 15 is 0 Å². The molecule has 1 rings (SSSR count). The van der Waals surface area contributed by atoms with Crippen molar-refractivity contribution in [1.29, 1.82) is 0 Å². The summed E-state index contributed by atoms with van der Waals surface area (Å²) < 4.78 is 15.8. The molecule has 0 unspecified atom stereocenters. The minimum Gasteiger partial charge on any atom is -0.460 e. The first-order valence-corrected chi connectivity index (χ1v) is 15.7. The lowest BCUT2D eigenvalue weighted by atomic mass is 10.0. The average Bonchev–Trinajstić information content (AvgIpc) is 2.93. The molecular formula is C33H53N5O9. The monoisotopic (exact) mass is 663 g/mol. The molecule has 1 aromatic rings. The summed E-state index contributed by atoms with van der Waals surface area (Å²) in [7, 11) is 0. The summed E-state index contributed by atoms with van der Waals surface area (Å²) in [5.74, 6) is -4.06. The van der Waals surface area contributed by atoms with Gasteiger partial charge in [-0.05, 0) is 65.4 Å². The van der Waals surface area contributed by atoms with E-state index in [4.69, 9.17) is 14.2 Å². The van der Waals surface area contributed by atoms with Crippen LogP contribution in [-0.4, -0.2) is 71.6 Å². The molecule has 0 aliphatic heterocycles. The number of rotatable bonds is 16. The van der Waals surface area contributed by atoms with Crippen LogP contribution in [0.3, 0.4) is 0 Å². The van der Waals surface area contributed by atoms with Crippen LogP contribution in [0.15, 0.2) is 30.3 Å². The molecule has 0 aromatic heterocycles.